The van der Waals surface area contributed by atoms with Gasteiger partial charge in [0.25, 0.3) is 0 Å². The SMILES string of the molecule is Cc1cccc(COc2c(Cl)cc(/C=N\NC(=O)c3cc4cc(Br)cc(I)c4o3)cc2Cl)c1. The highest BCUT2D eigenvalue weighted by Gasteiger charge is 2.14. The van der Waals surface area contributed by atoms with Crippen LogP contribution in [0.1, 0.15) is 27.2 Å². The number of ether oxygens (including phenoxy) is 1. The maximum atomic E-state index is 12.4. The van der Waals surface area contributed by atoms with Crippen molar-refractivity contribution < 1.29 is 13.9 Å². The van der Waals surface area contributed by atoms with Gasteiger partial charge in [-0.2, -0.15) is 5.10 Å². The first-order chi connectivity index (χ1) is 15.8. The van der Waals surface area contributed by atoms with Crippen molar-refractivity contribution in [2.75, 3.05) is 0 Å². The van der Waals surface area contributed by atoms with Crippen LogP contribution in [0.15, 0.2) is 68.6 Å². The number of carbonyl (C=O) groups excluding carboxylic acids is 1. The van der Waals surface area contributed by atoms with E-state index in [1.54, 1.807) is 18.2 Å². The van der Waals surface area contributed by atoms with Crippen molar-refractivity contribution in [2.45, 2.75) is 13.5 Å². The van der Waals surface area contributed by atoms with Crippen LogP contribution in [0, 0.1) is 10.5 Å². The number of fused-ring (bicyclic) bond motifs is 1. The molecule has 9 heteroatoms. The lowest BCUT2D eigenvalue weighted by Gasteiger charge is -2.11. The molecule has 4 rings (SSSR count). The Labute approximate surface area is 222 Å². The molecule has 33 heavy (non-hydrogen) atoms. The fraction of sp³-hybridized carbons (Fsp3) is 0.0833. The van der Waals surface area contributed by atoms with E-state index in [0.29, 0.717) is 33.5 Å². The van der Waals surface area contributed by atoms with E-state index in [2.05, 4.69) is 49.0 Å². The summed E-state index contributed by atoms with van der Waals surface area (Å²) in [7, 11) is 0. The van der Waals surface area contributed by atoms with Gasteiger partial charge in [0.1, 0.15) is 12.2 Å². The maximum Gasteiger partial charge on any atom is 0.307 e. The third-order valence-electron chi connectivity index (χ3n) is 4.63. The van der Waals surface area contributed by atoms with Gasteiger partial charge in [0, 0.05) is 9.86 Å². The van der Waals surface area contributed by atoms with Crippen LogP contribution in [-0.4, -0.2) is 12.1 Å². The van der Waals surface area contributed by atoms with Crippen molar-refractivity contribution in [3.8, 4) is 5.75 Å². The molecule has 5 nitrogen and oxygen atoms in total. The normalized spacial score (nSPS) is 11.3. The van der Waals surface area contributed by atoms with Crippen molar-refractivity contribution in [1.29, 1.82) is 0 Å². The first-order valence-electron chi connectivity index (χ1n) is 9.69. The summed E-state index contributed by atoms with van der Waals surface area (Å²) in [5, 5.41) is 5.51. The van der Waals surface area contributed by atoms with E-state index >= 15 is 0 Å². The molecule has 0 atom stereocenters. The van der Waals surface area contributed by atoms with Gasteiger partial charge in [-0.1, -0.05) is 69.0 Å². The van der Waals surface area contributed by atoms with E-state index in [4.69, 9.17) is 32.4 Å². The molecule has 0 saturated heterocycles. The van der Waals surface area contributed by atoms with Crippen LogP contribution in [0.2, 0.25) is 10.0 Å². The summed E-state index contributed by atoms with van der Waals surface area (Å²) in [5.41, 5.74) is 5.87. The fourth-order valence-corrected chi connectivity index (χ4v) is 5.43. The number of amides is 1. The number of halogens is 4. The van der Waals surface area contributed by atoms with Gasteiger partial charge in [0.05, 0.1) is 19.8 Å². The lowest BCUT2D eigenvalue weighted by molar-refractivity contribution is 0.0929. The second-order valence-corrected chi connectivity index (χ2v) is 10.1. The van der Waals surface area contributed by atoms with Crippen LogP contribution in [0.3, 0.4) is 0 Å². The Kier molecular flexibility index (Phi) is 7.63. The monoisotopic (exact) mass is 656 g/mol. The minimum absolute atomic E-state index is 0.161. The average molecular weight is 658 g/mol. The van der Waals surface area contributed by atoms with E-state index in [9.17, 15) is 4.79 Å². The summed E-state index contributed by atoms with van der Waals surface area (Å²) in [6.45, 7) is 2.36. The summed E-state index contributed by atoms with van der Waals surface area (Å²) >= 11 is 18.3. The molecule has 0 radical (unpaired) electrons. The molecule has 0 aliphatic rings. The molecular weight excluding hydrogens is 642 g/mol. The Hall–Kier alpha value is -2.07. The number of furan rings is 1. The number of rotatable bonds is 6. The molecule has 0 aliphatic heterocycles. The molecule has 0 bridgehead atoms. The van der Waals surface area contributed by atoms with Crippen molar-refractivity contribution >= 4 is 84.8 Å². The molecule has 0 fully saturated rings. The van der Waals surface area contributed by atoms with E-state index in [-0.39, 0.29) is 5.76 Å². The van der Waals surface area contributed by atoms with Crippen LogP contribution in [0.25, 0.3) is 11.0 Å². The van der Waals surface area contributed by atoms with Crippen molar-refractivity contribution in [3.05, 3.63) is 95.1 Å². The highest BCUT2D eigenvalue weighted by Crippen LogP contribution is 2.34. The van der Waals surface area contributed by atoms with Gasteiger partial charge in [-0.25, -0.2) is 5.43 Å². The Morgan fingerprint density at radius 2 is 1.94 bits per heavy atom. The Morgan fingerprint density at radius 3 is 2.67 bits per heavy atom. The highest BCUT2D eigenvalue weighted by atomic mass is 127. The number of nitrogens with zero attached hydrogens (tertiary/aromatic N) is 1. The third kappa shape index (κ3) is 5.90. The van der Waals surface area contributed by atoms with Crippen LogP contribution >= 0.6 is 61.7 Å². The molecule has 0 saturated carbocycles. The standard InChI is InChI=1S/C24H16BrCl2IN2O3/c1-13-3-2-4-14(5-13)12-32-23-18(26)6-15(7-19(23)27)11-29-30-24(31)21-9-16-8-17(25)10-20(28)22(16)33-21/h2-11H,12H2,1H3,(H,30,31)/b29-11-. The predicted octanol–water partition coefficient (Wildman–Crippen LogP) is 7.76. The molecular formula is C24H16BrCl2IN2O3. The molecule has 0 unspecified atom stereocenters. The lowest BCUT2D eigenvalue weighted by atomic mass is 10.1. The van der Waals surface area contributed by atoms with Gasteiger partial charge in [-0.05, 0) is 71.0 Å². The van der Waals surface area contributed by atoms with Crippen LogP contribution in [-0.2, 0) is 6.61 Å². The molecule has 1 heterocycles. The predicted molar refractivity (Wildman–Crippen MR) is 144 cm³/mol. The Balaban J connectivity index is 1.43. The summed E-state index contributed by atoms with van der Waals surface area (Å²) in [6, 6.07) is 16.8. The molecule has 3 aromatic carbocycles. The Morgan fingerprint density at radius 1 is 1.18 bits per heavy atom. The van der Waals surface area contributed by atoms with Crippen molar-refractivity contribution in [2.24, 2.45) is 5.10 Å². The topological polar surface area (TPSA) is 63.8 Å². The summed E-state index contributed by atoms with van der Waals surface area (Å²) in [5.74, 6) is 0.0860. The molecule has 1 amide bonds. The highest BCUT2D eigenvalue weighted by molar-refractivity contribution is 14.1. The lowest BCUT2D eigenvalue weighted by Crippen LogP contribution is -2.16. The third-order valence-corrected chi connectivity index (χ3v) is 6.45. The fourth-order valence-electron chi connectivity index (χ4n) is 3.16. The second-order valence-electron chi connectivity index (χ2n) is 7.21. The summed E-state index contributed by atoms with van der Waals surface area (Å²) in [6.07, 6.45) is 1.45. The number of hydrazone groups is 1. The maximum absolute atomic E-state index is 12.4. The van der Waals surface area contributed by atoms with E-state index in [1.165, 1.54) is 6.21 Å². The van der Waals surface area contributed by atoms with Gasteiger partial charge >= 0.3 is 5.91 Å². The Bertz CT molecular complexity index is 1360. The zero-order valence-corrected chi connectivity index (χ0v) is 22.4. The molecule has 4 aromatic rings. The number of aryl methyl sites for hydroxylation is 1. The van der Waals surface area contributed by atoms with Gasteiger partial charge in [0.15, 0.2) is 11.5 Å². The second kappa shape index (κ2) is 10.5. The van der Waals surface area contributed by atoms with Crippen LogP contribution in [0.4, 0.5) is 0 Å². The van der Waals surface area contributed by atoms with Gasteiger partial charge < -0.3 is 9.15 Å². The largest absolute Gasteiger partial charge is 0.486 e. The van der Waals surface area contributed by atoms with Crippen LogP contribution < -0.4 is 10.2 Å². The quantitative estimate of drug-likeness (QED) is 0.131. The number of carbonyl (C=O) groups is 1. The first-order valence-corrected chi connectivity index (χ1v) is 12.3. The smallest absolute Gasteiger partial charge is 0.307 e. The van der Waals surface area contributed by atoms with Gasteiger partial charge in [-0.15, -0.1) is 0 Å². The zero-order chi connectivity index (χ0) is 23.5. The average Bonchev–Trinajstić information content (AvgIpc) is 3.18. The van der Waals surface area contributed by atoms with Crippen molar-refractivity contribution in [1.82, 2.24) is 5.43 Å². The summed E-state index contributed by atoms with van der Waals surface area (Å²) in [4.78, 5) is 12.4. The summed E-state index contributed by atoms with van der Waals surface area (Å²) < 4.78 is 13.3. The van der Waals surface area contributed by atoms with Gasteiger partial charge in [-0.3, -0.25) is 4.79 Å². The van der Waals surface area contributed by atoms with E-state index < -0.39 is 5.91 Å². The molecule has 0 spiro atoms. The van der Waals surface area contributed by atoms with Crippen molar-refractivity contribution in [3.63, 3.8) is 0 Å². The zero-order valence-electron chi connectivity index (χ0n) is 17.2. The number of hydrogen-bond acceptors (Lipinski definition) is 4. The first kappa shape index (κ1) is 24.1. The number of benzene rings is 3. The van der Waals surface area contributed by atoms with Gasteiger partial charge in [0.2, 0.25) is 0 Å². The van der Waals surface area contributed by atoms with E-state index in [1.807, 2.05) is 43.3 Å². The van der Waals surface area contributed by atoms with E-state index in [0.717, 1.165) is 24.6 Å². The minimum atomic E-state index is -0.468. The molecule has 1 N–H and O–H groups in total. The van der Waals surface area contributed by atoms with Crippen LogP contribution in [0.5, 0.6) is 5.75 Å². The number of hydrogen-bond donors (Lipinski definition) is 1. The molecule has 0 aliphatic carbocycles. The molecule has 168 valence electrons. The minimum Gasteiger partial charge on any atom is -0.486 e. The molecule has 1 aromatic heterocycles. The number of nitrogens with one attached hydrogen (secondary N) is 1.